The summed E-state index contributed by atoms with van der Waals surface area (Å²) in [4.78, 5) is 34.1. The second kappa shape index (κ2) is 7.16. The molecule has 25 heavy (non-hydrogen) atoms. The lowest BCUT2D eigenvalue weighted by atomic mass is 10.2. The largest absolute Gasteiger partial charge is 0.365 e. The highest BCUT2D eigenvalue weighted by Crippen LogP contribution is 2.20. The van der Waals surface area contributed by atoms with Crippen LogP contribution in [0.15, 0.2) is 36.5 Å². The number of nitrogens with one attached hydrogen (secondary N) is 2. The van der Waals surface area contributed by atoms with Gasteiger partial charge in [0, 0.05) is 24.5 Å². The Labute approximate surface area is 145 Å². The van der Waals surface area contributed by atoms with E-state index in [-0.39, 0.29) is 29.4 Å². The molecule has 0 radical (unpaired) electrons. The molecule has 130 valence electrons. The van der Waals surface area contributed by atoms with Gasteiger partial charge in [0.1, 0.15) is 5.56 Å². The molecule has 4 N–H and O–H groups in total. The van der Waals surface area contributed by atoms with Crippen LogP contribution >= 0.6 is 0 Å². The van der Waals surface area contributed by atoms with E-state index >= 15 is 0 Å². The van der Waals surface area contributed by atoms with Crippen LogP contribution in [0.25, 0.3) is 0 Å². The van der Waals surface area contributed by atoms with Crippen molar-refractivity contribution in [2.24, 2.45) is 5.73 Å². The molecule has 2 heterocycles. The fraction of sp³-hybridized carbons (Fsp3) is 0.294. The zero-order chi connectivity index (χ0) is 17.8. The summed E-state index contributed by atoms with van der Waals surface area (Å²) in [5.41, 5.74) is 6.23. The van der Waals surface area contributed by atoms with Crippen molar-refractivity contribution in [3.63, 3.8) is 0 Å². The van der Waals surface area contributed by atoms with Crippen molar-refractivity contribution in [3.8, 4) is 0 Å². The molecule has 2 aromatic rings. The average Bonchev–Trinajstić information content (AvgIpc) is 3.02. The highest BCUT2D eigenvalue weighted by Gasteiger charge is 2.26. The van der Waals surface area contributed by atoms with Crippen LogP contribution in [0.5, 0.6) is 0 Å². The van der Waals surface area contributed by atoms with Crippen molar-refractivity contribution in [3.05, 3.63) is 42.1 Å². The normalized spacial score (nSPS) is 16.5. The molecule has 8 heteroatoms. The minimum Gasteiger partial charge on any atom is -0.365 e. The molecule has 1 aromatic heterocycles. The van der Waals surface area contributed by atoms with Crippen LogP contribution in [0.1, 0.15) is 30.1 Å². The number of hydrogen-bond donors (Lipinski definition) is 3. The Hall–Kier alpha value is -3.16. The van der Waals surface area contributed by atoms with E-state index in [0.717, 1.165) is 18.5 Å². The van der Waals surface area contributed by atoms with E-state index in [0.29, 0.717) is 6.54 Å². The van der Waals surface area contributed by atoms with Crippen LogP contribution in [0, 0.1) is 0 Å². The first-order chi connectivity index (χ1) is 12.0. The molecule has 3 rings (SSSR count). The number of urea groups is 1. The van der Waals surface area contributed by atoms with Gasteiger partial charge >= 0.3 is 6.03 Å². The van der Waals surface area contributed by atoms with Crippen molar-refractivity contribution in [1.29, 1.82) is 0 Å². The van der Waals surface area contributed by atoms with Crippen molar-refractivity contribution in [2.75, 3.05) is 17.2 Å². The SMILES string of the molecule is CC1CCCN1C(=O)Nc1nc(Nc2ccccc2)ncc1C(N)=O. The first kappa shape index (κ1) is 16.7. The zero-order valence-corrected chi connectivity index (χ0v) is 13.9. The summed E-state index contributed by atoms with van der Waals surface area (Å²) in [6.45, 7) is 2.67. The highest BCUT2D eigenvalue weighted by molar-refractivity contribution is 6.01. The van der Waals surface area contributed by atoms with Gasteiger partial charge in [0.2, 0.25) is 5.95 Å². The summed E-state index contributed by atoms with van der Waals surface area (Å²) in [7, 11) is 0. The maximum atomic E-state index is 12.5. The van der Waals surface area contributed by atoms with Gasteiger partial charge in [0.25, 0.3) is 5.91 Å². The van der Waals surface area contributed by atoms with E-state index in [1.807, 2.05) is 37.3 Å². The summed E-state index contributed by atoms with van der Waals surface area (Å²) in [6.07, 6.45) is 3.23. The molecule has 0 aliphatic carbocycles. The summed E-state index contributed by atoms with van der Waals surface area (Å²) in [6, 6.07) is 9.21. The molecule has 1 aliphatic heterocycles. The quantitative estimate of drug-likeness (QED) is 0.790. The van der Waals surface area contributed by atoms with E-state index < -0.39 is 5.91 Å². The van der Waals surface area contributed by atoms with Gasteiger partial charge in [-0.15, -0.1) is 0 Å². The van der Waals surface area contributed by atoms with Crippen LogP contribution in [-0.4, -0.2) is 39.4 Å². The van der Waals surface area contributed by atoms with E-state index in [1.165, 1.54) is 6.20 Å². The Morgan fingerprint density at radius 2 is 2.04 bits per heavy atom. The molecular formula is C17H20N6O2. The summed E-state index contributed by atoms with van der Waals surface area (Å²) in [5, 5.41) is 5.71. The van der Waals surface area contributed by atoms with Gasteiger partial charge in [-0.1, -0.05) is 18.2 Å². The van der Waals surface area contributed by atoms with Crippen molar-refractivity contribution >= 4 is 29.4 Å². The van der Waals surface area contributed by atoms with Gasteiger partial charge in [0.15, 0.2) is 5.82 Å². The lowest BCUT2D eigenvalue weighted by Gasteiger charge is -2.22. The standard InChI is InChI=1S/C17H20N6O2/c1-11-6-5-9-23(11)17(25)22-15-13(14(18)24)10-19-16(21-15)20-12-7-3-2-4-8-12/h2-4,7-8,10-11H,5-6,9H2,1H3,(H2,18,24)(H2,19,20,21,22,25). The Balaban J connectivity index is 1.83. The lowest BCUT2D eigenvalue weighted by molar-refractivity contribution is 0.100. The zero-order valence-electron chi connectivity index (χ0n) is 13.9. The number of carbonyl (C=O) groups excluding carboxylic acids is 2. The summed E-state index contributed by atoms with van der Waals surface area (Å²) in [5.74, 6) is -0.331. The molecule has 0 saturated carbocycles. The molecule has 1 atom stereocenters. The van der Waals surface area contributed by atoms with Crippen LogP contribution in [0.4, 0.5) is 22.2 Å². The Morgan fingerprint density at radius 1 is 1.28 bits per heavy atom. The summed E-state index contributed by atoms with van der Waals surface area (Å²) >= 11 is 0. The maximum Gasteiger partial charge on any atom is 0.323 e. The van der Waals surface area contributed by atoms with Gasteiger partial charge in [-0.2, -0.15) is 4.98 Å². The molecule has 1 fully saturated rings. The number of nitrogens with two attached hydrogens (primary N) is 1. The number of benzene rings is 1. The second-order valence-corrected chi connectivity index (χ2v) is 5.93. The van der Waals surface area contributed by atoms with E-state index in [2.05, 4.69) is 20.6 Å². The number of hydrogen-bond acceptors (Lipinski definition) is 5. The van der Waals surface area contributed by atoms with Crippen molar-refractivity contribution in [1.82, 2.24) is 14.9 Å². The Kier molecular flexibility index (Phi) is 4.78. The number of aromatic nitrogens is 2. The number of likely N-dealkylation sites (tertiary alicyclic amines) is 1. The van der Waals surface area contributed by atoms with Gasteiger partial charge in [0.05, 0.1) is 0 Å². The van der Waals surface area contributed by atoms with Crippen LogP contribution < -0.4 is 16.4 Å². The number of carbonyl (C=O) groups is 2. The topological polar surface area (TPSA) is 113 Å². The molecular weight excluding hydrogens is 320 g/mol. The monoisotopic (exact) mass is 340 g/mol. The van der Waals surface area contributed by atoms with Gasteiger partial charge in [-0.25, -0.2) is 9.78 Å². The number of amides is 3. The van der Waals surface area contributed by atoms with Gasteiger partial charge in [-0.3, -0.25) is 10.1 Å². The van der Waals surface area contributed by atoms with E-state index in [9.17, 15) is 9.59 Å². The molecule has 0 bridgehead atoms. The predicted molar refractivity (Wildman–Crippen MR) is 94.7 cm³/mol. The van der Waals surface area contributed by atoms with Crippen LogP contribution in [0.3, 0.4) is 0 Å². The summed E-state index contributed by atoms with van der Waals surface area (Å²) < 4.78 is 0. The van der Waals surface area contributed by atoms with Crippen molar-refractivity contribution < 1.29 is 9.59 Å². The minimum atomic E-state index is -0.698. The van der Waals surface area contributed by atoms with Gasteiger partial charge < -0.3 is 16.0 Å². The molecule has 1 unspecified atom stereocenters. The third-order valence-electron chi connectivity index (χ3n) is 4.12. The Morgan fingerprint density at radius 3 is 2.68 bits per heavy atom. The molecule has 1 aliphatic rings. The molecule has 0 spiro atoms. The Bertz CT molecular complexity index is 780. The fourth-order valence-corrected chi connectivity index (χ4v) is 2.78. The molecule has 8 nitrogen and oxygen atoms in total. The lowest BCUT2D eigenvalue weighted by Crippen LogP contribution is -2.38. The molecule has 1 aromatic carbocycles. The van der Waals surface area contributed by atoms with Crippen molar-refractivity contribution in [2.45, 2.75) is 25.8 Å². The number of rotatable bonds is 4. The van der Waals surface area contributed by atoms with E-state index in [4.69, 9.17) is 5.73 Å². The number of para-hydroxylation sites is 1. The average molecular weight is 340 g/mol. The van der Waals surface area contributed by atoms with Crippen LogP contribution in [0.2, 0.25) is 0 Å². The van der Waals surface area contributed by atoms with Crippen LogP contribution in [-0.2, 0) is 0 Å². The predicted octanol–water partition coefficient (Wildman–Crippen LogP) is 2.34. The fourth-order valence-electron chi connectivity index (χ4n) is 2.78. The van der Waals surface area contributed by atoms with E-state index in [1.54, 1.807) is 4.90 Å². The number of anilines is 3. The first-order valence-corrected chi connectivity index (χ1v) is 8.11. The second-order valence-electron chi connectivity index (χ2n) is 5.93. The molecule has 1 saturated heterocycles. The highest BCUT2D eigenvalue weighted by atomic mass is 16.2. The maximum absolute atomic E-state index is 12.5. The van der Waals surface area contributed by atoms with Gasteiger partial charge in [-0.05, 0) is 31.9 Å². The minimum absolute atomic E-state index is 0.0683. The smallest absolute Gasteiger partial charge is 0.323 e. The first-order valence-electron chi connectivity index (χ1n) is 8.11. The number of nitrogens with zero attached hydrogens (tertiary/aromatic N) is 3. The number of primary amides is 1. The molecule has 3 amide bonds. The third kappa shape index (κ3) is 3.85. The third-order valence-corrected chi connectivity index (χ3v) is 4.12.